The predicted molar refractivity (Wildman–Crippen MR) is 108 cm³/mol. The third-order valence-corrected chi connectivity index (χ3v) is 6.57. The van der Waals surface area contributed by atoms with Crippen LogP contribution in [0.5, 0.6) is 0 Å². The van der Waals surface area contributed by atoms with Gasteiger partial charge in [-0.2, -0.15) is 4.37 Å². The number of amides is 1. The van der Waals surface area contributed by atoms with E-state index in [-0.39, 0.29) is 0 Å². The zero-order valence-corrected chi connectivity index (χ0v) is 16.3. The first-order valence-corrected chi connectivity index (χ1v) is 10.5. The minimum Gasteiger partial charge on any atom is -0.464 e. The number of hydrogen-bond acceptors (Lipinski definition) is 6. The van der Waals surface area contributed by atoms with Gasteiger partial charge in [-0.05, 0) is 55.4 Å². The standard InChI is InChI=1S/C19H27N5O2S/c25-19(26)20-24-9-6-15(7-10-24)5-8-22-11-13-23(14-12-22)18-16-3-1-2-4-17(16)27-21-18/h1-4,15,20H,5-14H2,(H,25,26). The molecule has 2 aliphatic heterocycles. The quantitative estimate of drug-likeness (QED) is 0.819. The van der Waals surface area contributed by atoms with Gasteiger partial charge in [0.05, 0.1) is 4.70 Å². The molecule has 4 rings (SSSR count). The smallest absolute Gasteiger partial charge is 0.419 e. The summed E-state index contributed by atoms with van der Waals surface area (Å²) in [4.78, 5) is 15.7. The fourth-order valence-corrected chi connectivity index (χ4v) is 4.91. The highest BCUT2D eigenvalue weighted by atomic mass is 32.1. The van der Waals surface area contributed by atoms with E-state index in [0.29, 0.717) is 5.92 Å². The average Bonchev–Trinajstić information content (AvgIpc) is 3.12. The largest absolute Gasteiger partial charge is 0.464 e. The van der Waals surface area contributed by atoms with E-state index in [1.165, 1.54) is 16.5 Å². The molecule has 2 fully saturated rings. The fourth-order valence-electron chi connectivity index (χ4n) is 4.12. The van der Waals surface area contributed by atoms with E-state index in [1.54, 1.807) is 11.5 Å². The number of nitrogens with one attached hydrogen (secondary N) is 1. The number of rotatable bonds is 5. The number of aromatic nitrogens is 1. The van der Waals surface area contributed by atoms with E-state index < -0.39 is 6.09 Å². The van der Waals surface area contributed by atoms with Crippen molar-refractivity contribution in [2.75, 3.05) is 50.7 Å². The highest BCUT2D eigenvalue weighted by Crippen LogP contribution is 2.30. The van der Waals surface area contributed by atoms with Gasteiger partial charge in [-0.3, -0.25) is 10.3 Å². The molecule has 2 aromatic rings. The first-order chi connectivity index (χ1) is 13.2. The van der Waals surface area contributed by atoms with Crippen LogP contribution in [0.4, 0.5) is 10.6 Å². The summed E-state index contributed by atoms with van der Waals surface area (Å²) in [5.74, 6) is 1.85. The van der Waals surface area contributed by atoms with Gasteiger partial charge in [0.1, 0.15) is 5.82 Å². The van der Waals surface area contributed by atoms with Crippen molar-refractivity contribution in [2.45, 2.75) is 19.3 Å². The maximum absolute atomic E-state index is 10.7. The van der Waals surface area contributed by atoms with E-state index in [2.05, 4.69) is 43.9 Å². The van der Waals surface area contributed by atoms with Crippen LogP contribution in [0.15, 0.2) is 24.3 Å². The lowest BCUT2D eigenvalue weighted by Gasteiger charge is -2.36. The van der Waals surface area contributed by atoms with Crippen LogP contribution in [0.2, 0.25) is 0 Å². The molecule has 146 valence electrons. The molecule has 2 aliphatic rings. The van der Waals surface area contributed by atoms with Gasteiger partial charge in [-0.1, -0.05) is 12.1 Å². The normalized spacial score (nSPS) is 20.2. The number of anilines is 1. The molecule has 1 aromatic heterocycles. The molecule has 1 amide bonds. The summed E-state index contributed by atoms with van der Waals surface area (Å²) >= 11 is 1.59. The molecule has 8 heteroatoms. The third-order valence-electron chi connectivity index (χ3n) is 5.75. The summed E-state index contributed by atoms with van der Waals surface area (Å²) in [5, 5.41) is 11.9. The van der Waals surface area contributed by atoms with E-state index in [1.807, 2.05) is 5.01 Å². The molecular formula is C19H27N5O2S. The lowest BCUT2D eigenvalue weighted by atomic mass is 9.94. The number of carboxylic acid groups (broad SMARTS) is 1. The molecule has 2 N–H and O–H groups in total. The zero-order chi connectivity index (χ0) is 18.6. The van der Waals surface area contributed by atoms with Crippen molar-refractivity contribution < 1.29 is 9.90 Å². The van der Waals surface area contributed by atoms with Gasteiger partial charge in [-0.25, -0.2) is 9.80 Å². The van der Waals surface area contributed by atoms with Crippen LogP contribution in [0, 0.1) is 5.92 Å². The molecule has 0 saturated carbocycles. The second kappa shape index (κ2) is 8.41. The maximum Gasteiger partial charge on any atom is 0.419 e. The topological polar surface area (TPSA) is 71.9 Å². The van der Waals surface area contributed by atoms with Gasteiger partial charge in [0.15, 0.2) is 0 Å². The number of carbonyl (C=O) groups is 1. The zero-order valence-electron chi connectivity index (χ0n) is 15.5. The van der Waals surface area contributed by atoms with E-state index >= 15 is 0 Å². The maximum atomic E-state index is 10.7. The second-order valence-corrected chi connectivity index (χ2v) is 8.27. The average molecular weight is 390 g/mol. The minimum atomic E-state index is -0.959. The lowest BCUT2D eigenvalue weighted by Crippen LogP contribution is -2.48. The van der Waals surface area contributed by atoms with Crippen LogP contribution in [0.1, 0.15) is 19.3 Å². The van der Waals surface area contributed by atoms with E-state index in [0.717, 1.165) is 64.5 Å². The molecule has 27 heavy (non-hydrogen) atoms. The third kappa shape index (κ3) is 4.51. The van der Waals surface area contributed by atoms with Crippen molar-refractivity contribution in [3.63, 3.8) is 0 Å². The SMILES string of the molecule is O=C(O)NN1CCC(CCN2CCN(c3nsc4ccccc34)CC2)CC1. The molecule has 0 spiro atoms. The Bertz CT molecular complexity index is 766. The van der Waals surface area contributed by atoms with Gasteiger partial charge < -0.3 is 10.0 Å². The minimum absolute atomic E-state index is 0.706. The van der Waals surface area contributed by atoms with Crippen molar-refractivity contribution in [2.24, 2.45) is 5.92 Å². The fraction of sp³-hybridized carbons (Fsp3) is 0.579. The summed E-state index contributed by atoms with van der Waals surface area (Å²) in [6, 6.07) is 8.48. The molecule has 7 nitrogen and oxygen atoms in total. The number of benzene rings is 1. The molecule has 3 heterocycles. The van der Waals surface area contributed by atoms with Crippen LogP contribution in [-0.2, 0) is 0 Å². The molecule has 0 aliphatic carbocycles. The molecule has 1 aromatic carbocycles. The molecule has 2 saturated heterocycles. The number of hydrazine groups is 1. The van der Waals surface area contributed by atoms with Crippen molar-refractivity contribution in [3.8, 4) is 0 Å². The Morgan fingerprint density at radius 1 is 1.15 bits per heavy atom. The first-order valence-electron chi connectivity index (χ1n) is 9.75. The van der Waals surface area contributed by atoms with Gasteiger partial charge in [0.25, 0.3) is 0 Å². The van der Waals surface area contributed by atoms with Crippen LogP contribution in [0.3, 0.4) is 0 Å². The number of hydrogen-bond donors (Lipinski definition) is 2. The van der Waals surface area contributed by atoms with Crippen LogP contribution in [-0.4, -0.2) is 71.3 Å². The number of piperazine rings is 1. The summed E-state index contributed by atoms with van der Waals surface area (Å²) in [7, 11) is 0. The number of fused-ring (bicyclic) bond motifs is 1. The van der Waals surface area contributed by atoms with Crippen molar-refractivity contribution >= 4 is 33.5 Å². The summed E-state index contributed by atoms with van der Waals surface area (Å²) in [6.45, 7) is 7.03. The van der Waals surface area contributed by atoms with Crippen molar-refractivity contribution in [1.82, 2.24) is 19.7 Å². The predicted octanol–water partition coefficient (Wildman–Crippen LogP) is 2.70. The Morgan fingerprint density at radius 2 is 1.89 bits per heavy atom. The van der Waals surface area contributed by atoms with E-state index in [4.69, 9.17) is 5.11 Å². The van der Waals surface area contributed by atoms with Crippen LogP contribution >= 0.6 is 11.5 Å². The Hall–Kier alpha value is -1.90. The lowest BCUT2D eigenvalue weighted by molar-refractivity contribution is 0.101. The summed E-state index contributed by atoms with van der Waals surface area (Å²) in [5.41, 5.74) is 2.47. The van der Waals surface area contributed by atoms with Gasteiger partial charge in [0.2, 0.25) is 0 Å². The van der Waals surface area contributed by atoms with Gasteiger partial charge >= 0.3 is 6.09 Å². The molecular weight excluding hydrogens is 362 g/mol. The monoisotopic (exact) mass is 389 g/mol. The van der Waals surface area contributed by atoms with E-state index in [9.17, 15) is 4.79 Å². The Morgan fingerprint density at radius 3 is 2.63 bits per heavy atom. The van der Waals surface area contributed by atoms with Crippen molar-refractivity contribution in [1.29, 1.82) is 0 Å². The summed E-state index contributed by atoms with van der Waals surface area (Å²) < 4.78 is 5.95. The number of piperidine rings is 1. The van der Waals surface area contributed by atoms with Crippen molar-refractivity contribution in [3.05, 3.63) is 24.3 Å². The van der Waals surface area contributed by atoms with Crippen LogP contribution in [0.25, 0.3) is 10.1 Å². The van der Waals surface area contributed by atoms with Crippen LogP contribution < -0.4 is 10.3 Å². The molecule has 0 unspecified atom stereocenters. The first kappa shape index (κ1) is 18.5. The molecule has 0 atom stereocenters. The Labute approximate surface area is 163 Å². The highest BCUT2D eigenvalue weighted by Gasteiger charge is 2.23. The van der Waals surface area contributed by atoms with Gasteiger partial charge in [0, 0.05) is 44.7 Å². The Balaban J connectivity index is 1.21. The molecule has 0 radical (unpaired) electrons. The second-order valence-electron chi connectivity index (χ2n) is 7.47. The number of nitrogens with zero attached hydrogens (tertiary/aromatic N) is 4. The summed E-state index contributed by atoms with van der Waals surface area (Å²) in [6.07, 6.45) is 2.40. The van der Waals surface area contributed by atoms with Gasteiger partial charge in [-0.15, -0.1) is 0 Å². The molecule has 0 bridgehead atoms. The Kier molecular flexibility index (Phi) is 5.75. The highest BCUT2D eigenvalue weighted by molar-refractivity contribution is 7.13.